The van der Waals surface area contributed by atoms with Crippen molar-refractivity contribution in [2.24, 2.45) is 5.92 Å². The van der Waals surface area contributed by atoms with Crippen LogP contribution >= 0.6 is 0 Å². The number of aliphatic hydroxyl groups excluding tert-OH is 1. The lowest BCUT2D eigenvalue weighted by Gasteiger charge is -2.35. The summed E-state index contributed by atoms with van der Waals surface area (Å²) in [5.41, 5.74) is 0.583. The van der Waals surface area contributed by atoms with Crippen LogP contribution in [0.25, 0.3) is 0 Å². The van der Waals surface area contributed by atoms with Crippen molar-refractivity contribution in [2.45, 2.75) is 71.0 Å². The number of carbonyl (C=O) groups excluding carboxylic acids is 2. The molecule has 1 aromatic heterocycles. The molecule has 32 heavy (non-hydrogen) atoms. The van der Waals surface area contributed by atoms with Crippen LogP contribution < -0.4 is 0 Å². The molecule has 182 valence electrons. The second kappa shape index (κ2) is 11.6. The predicted molar refractivity (Wildman–Crippen MR) is 108 cm³/mol. The van der Waals surface area contributed by atoms with Gasteiger partial charge in [0.2, 0.25) is 11.8 Å². The van der Waals surface area contributed by atoms with Crippen molar-refractivity contribution < 1.29 is 32.6 Å². The number of amides is 2. The van der Waals surface area contributed by atoms with Crippen molar-refractivity contribution in [3.05, 3.63) is 11.9 Å². The molecule has 1 aromatic rings. The first-order chi connectivity index (χ1) is 15.0. The summed E-state index contributed by atoms with van der Waals surface area (Å²) >= 11 is 0. The van der Waals surface area contributed by atoms with Gasteiger partial charge in [-0.05, 0) is 13.3 Å². The minimum absolute atomic E-state index is 0.0571. The summed E-state index contributed by atoms with van der Waals surface area (Å²) in [6, 6.07) is -0.403. The SMILES string of the molecule is C[C@H](CO)N1C[C@H](C)[C@@H](CN(C)C(=O)CCC(F)(F)F)OCc2cn(nn2)CCCC1=O. The Morgan fingerprint density at radius 1 is 1.44 bits per heavy atom. The topological polar surface area (TPSA) is 101 Å². The Balaban J connectivity index is 2.17. The first kappa shape index (κ1) is 26.0. The molecule has 12 heteroatoms. The van der Waals surface area contributed by atoms with Gasteiger partial charge in [0.05, 0.1) is 38.0 Å². The molecule has 0 fully saturated rings. The third kappa shape index (κ3) is 8.05. The van der Waals surface area contributed by atoms with Crippen LogP contribution in [0.3, 0.4) is 0 Å². The fourth-order valence-electron chi connectivity index (χ4n) is 3.50. The van der Waals surface area contributed by atoms with E-state index < -0.39 is 37.1 Å². The van der Waals surface area contributed by atoms with Crippen LogP contribution in [0.1, 0.15) is 45.2 Å². The number of aliphatic hydroxyl groups is 1. The van der Waals surface area contributed by atoms with E-state index in [1.165, 1.54) is 11.9 Å². The summed E-state index contributed by atoms with van der Waals surface area (Å²) in [5.74, 6) is -1.02. The maximum atomic E-state index is 12.8. The molecule has 0 radical (unpaired) electrons. The minimum Gasteiger partial charge on any atom is -0.394 e. The van der Waals surface area contributed by atoms with Crippen LogP contribution in [-0.2, 0) is 27.5 Å². The van der Waals surface area contributed by atoms with E-state index in [0.717, 1.165) is 0 Å². The Morgan fingerprint density at radius 3 is 2.81 bits per heavy atom. The van der Waals surface area contributed by atoms with Crippen molar-refractivity contribution in [2.75, 3.05) is 26.7 Å². The number of carbonyl (C=O) groups is 2. The number of halogens is 3. The van der Waals surface area contributed by atoms with E-state index >= 15 is 0 Å². The summed E-state index contributed by atoms with van der Waals surface area (Å²) in [7, 11) is 1.44. The summed E-state index contributed by atoms with van der Waals surface area (Å²) in [4.78, 5) is 27.8. The zero-order valence-electron chi connectivity index (χ0n) is 18.7. The van der Waals surface area contributed by atoms with E-state index in [1.54, 1.807) is 22.7 Å². The minimum atomic E-state index is -4.40. The lowest BCUT2D eigenvalue weighted by atomic mass is 10.0. The van der Waals surface area contributed by atoms with Crippen LogP contribution in [0.2, 0.25) is 0 Å². The second-order valence-corrected chi connectivity index (χ2v) is 8.37. The number of alkyl halides is 3. The van der Waals surface area contributed by atoms with Gasteiger partial charge in [-0.2, -0.15) is 13.2 Å². The molecule has 0 saturated heterocycles. The Hall–Kier alpha value is -2.21. The number of hydrogen-bond donors (Lipinski definition) is 1. The van der Waals surface area contributed by atoms with Crippen molar-refractivity contribution >= 4 is 11.8 Å². The molecule has 2 rings (SSSR count). The predicted octanol–water partition coefficient (Wildman–Crippen LogP) is 1.60. The van der Waals surface area contributed by atoms with Gasteiger partial charge in [0.1, 0.15) is 5.69 Å². The van der Waals surface area contributed by atoms with Crippen molar-refractivity contribution in [1.82, 2.24) is 24.8 Å². The van der Waals surface area contributed by atoms with Gasteiger partial charge >= 0.3 is 6.18 Å². The smallest absolute Gasteiger partial charge is 0.389 e. The molecule has 2 heterocycles. The molecule has 0 aliphatic carbocycles. The second-order valence-electron chi connectivity index (χ2n) is 8.37. The van der Waals surface area contributed by atoms with E-state index in [4.69, 9.17) is 4.74 Å². The van der Waals surface area contributed by atoms with Crippen LogP contribution in [0, 0.1) is 5.92 Å². The molecule has 1 N–H and O–H groups in total. The third-order valence-electron chi connectivity index (χ3n) is 5.55. The van der Waals surface area contributed by atoms with Gasteiger partial charge in [0.25, 0.3) is 0 Å². The lowest BCUT2D eigenvalue weighted by molar-refractivity contribution is -0.150. The number of ether oxygens (including phenoxy) is 1. The molecule has 2 bridgehead atoms. The lowest BCUT2D eigenvalue weighted by Crippen LogP contribution is -2.47. The van der Waals surface area contributed by atoms with E-state index in [-0.39, 0.29) is 44.5 Å². The molecular formula is C20H32F3N5O4. The van der Waals surface area contributed by atoms with Gasteiger partial charge in [-0.1, -0.05) is 12.1 Å². The van der Waals surface area contributed by atoms with E-state index in [0.29, 0.717) is 18.7 Å². The average molecular weight is 464 g/mol. The van der Waals surface area contributed by atoms with E-state index in [2.05, 4.69) is 10.3 Å². The Morgan fingerprint density at radius 2 is 2.16 bits per heavy atom. The van der Waals surface area contributed by atoms with Gasteiger partial charge in [-0.3, -0.25) is 14.3 Å². The zero-order valence-corrected chi connectivity index (χ0v) is 18.7. The summed E-state index contributed by atoms with van der Waals surface area (Å²) in [5, 5.41) is 17.7. The van der Waals surface area contributed by atoms with Gasteiger partial charge in [0, 0.05) is 45.4 Å². The highest BCUT2D eigenvalue weighted by atomic mass is 19.4. The summed E-state index contributed by atoms with van der Waals surface area (Å²) < 4.78 is 45.1. The number of likely N-dealkylation sites (N-methyl/N-ethyl adjacent to an activating group) is 1. The molecule has 0 unspecified atom stereocenters. The van der Waals surface area contributed by atoms with Crippen molar-refractivity contribution in [1.29, 1.82) is 0 Å². The molecule has 0 saturated carbocycles. The highest BCUT2D eigenvalue weighted by Crippen LogP contribution is 2.22. The highest BCUT2D eigenvalue weighted by Gasteiger charge is 2.31. The Kier molecular flexibility index (Phi) is 9.44. The maximum Gasteiger partial charge on any atom is 0.389 e. The van der Waals surface area contributed by atoms with Crippen molar-refractivity contribution in [3.8, 4) is 0 Å². The first-order valence-corrected chi connectivity index (χ1v) is 10.7. The monoisotopic (exact) mass is 463 g/mol. The summed E-state index contributed by atoms with van der Waals surface area (Å²) in [6.45, 7) is 4.35. The van der Waals surface area contributed by atoms with Crippen LogP contribution in [0.15, 0.2) is 6.20 Å². The number of nitrogens with zero attached hydrogens (tertiary/aromatic N) is 5. The summed E-state index contributed by atoms with van der Waals surface area (Å²) in [6.07, 6.45) is -4.24. The fraction of sp³-hybridized carbons (Fsp3) is 0.800. The molecule has 1 aliphatic heterocycles. The van der Waals surface area contributed by atoms with Gasteiger partial charge in [0.15, 0.2) is 0 Å². The molecular weight excluding hydrogens is 431 g/mol. The Bertz CT molecular complexity index is 758. The average Bonchev–Trinajstić information content (AvgIpc) is 3.18. The number of aryl methyl sites for hydroxylation is 1. The van der Waals surface area contributed by atoms with Gasteiger partial charge in [-0.15, -0.1) is 5.10 Å². The van der Waals surface area contributed by atoms with Crippen LogP contribution in [-0.4, -0.2) is 86.8 Å². The number of hydrogen-bond acceptors (Lipinski definition) is 6. The molecule has 1 aliphatic rings. The van der Waals surface area contributed by atoms with Crippen LogP contribution in [0.4, 0.5) is 13.2 Å². The fourth-order valence-corrected chi connectivity index (χ4v) is 3.50. The molecule has 2 amide bonds. The maximum absolute atomic E-state index is 12.8. The normalized spacial score (nSPS) is 22.0. The molecule has 9 nitrogen and oxygen atoms in total. The molecule has 0 aromatic carbocycles. The van der Waals surface area contributed by atoms with Gasteiger partial charge < -0.3 is 19.6 Å². The Labute approximate surface area is 185 Å². The molecule has 0 spiro atoms. The number of aromatic nitrogens is 3. The third-order valence-corrected chi connectivity index (χ3v) is 5.55. The van der Waals surface area contributed by atoms with E-state index in [9.17, 15) is 27.9 Å². The van der Waals surface area contributed by atoms with Crippen molar-refractivity contribution in [3.63, 3.8) is 0 Å². The first-order valence-electron chi connectivity index (χ1n) is 10.7. The highest BCUT2D eigenvalue weighted by molar-refractivity contribution is 5.76. The van der Waals surface area contributed by atoms with Gasteiger partial charge in [-0.25, -0.2) is 0 Å². The number of rotatable bonds is 6. The quantitative estimate of drug-likeness (QED) is 0.688. The molecule has 3 atom stereocenters. The standard InChI is InChI=1S/C20H32F3N5O4/c1-14-9-28(15(2)12-29)19(31)5-4-8-27-10-16(24-25-27)13-32-17(14)11-26(3)18(30)6-7-20(21,22)23/h10,14-15,17,29H,4-9,11-13H2,1-3H3/t14-,15+,17+/m0/s1. The largest absolute Gasteiger partial charge is 0.394 e. The zero-order chi connectivity index (χ0) is 23.9. The van der Waals surface area contributed by atoms with E-state index in [1.807, 2.05) is 6.92 Å². The van der Waals surface area contributed by atoms with Crippen LogP contribution in [0.5, 0.6) is 0 Å². The number of fused-ring (bicyclic) bond motifs is 2.